The van der Waals surface area contributed by atoms with Crippen molar-refractivity contribution in [3.8, 4) is 0 Å². The summed E-state index contributed by atoms with van der Waals surface area (Å²) in [6, 6.07) is -0.589. The molecular formula is C19H32N2O4S. The predicted molar refractivity (Wildman–Crippen MR) is 103 cm³/mol. The third-order valence-electron chi connectivity index (χ3n) is 4.98. The SMILES string of the molecule is C/C=C\C=C(/COC1CCN(C(=O)C2CCS(=O)(=O)N2)CC1)C(C)(C)C. The molecule has 1 atom stereocenters. The van der Waals surface area contributed by atoms with Crippen LogP contribution in [0.25, 0.3) is 0 Å². The highest BCUT2D eigenvalue weighted by molar-refractivity contribution is 7.89. The van der Waals surface area contributed by atoms with E-state index in [2.05, 4.69) is 31.6 Å². The van der Waals surface area contributed by atoms with Crippen molar-refractivity contribution in [1.82, 2.24) is 9.62 Å². The molecular weight excluding hydrogens is 352 g/mol. The minimum atomic E-state index is -3.26. The number of ether oxygens (including phenoxy) is 1. The summed E-state index contributed by atoms with van der Waals surface area (Å²) in [7, 11) is -3.26. The number of sulfonamides is 1. The molecule has 0 saturated carbocycles. The number of carbonyl (C=O) groups is 1. The Kier molecular flexibility index (Phi) is 7.05. The Hall–Kier alpha value is -1.18. The molecule has 0 aromatic carbocycles. The molecule has 26 heavy (non-hydrogen) atoms. The van der Waals surface area contributed by atoms with E-state index in [4.69, 9.17) is 4.74 Å². The van der Waals surface area contributed by atoms with E-state index in [0.29, 0.717) is 26.1 Å². The first-order chi connectivity index (χ1) is 12.1. The van der Waals surface area contributed by atoms with Crippen molar-refractivity contribution in [1.29, 1.82) is 0 Å². The fourth-order valence-corrected chi connectivity index (χ4v) is 4.50. The van der Waals surface area contributed by atoms with Crippen LogP contribution in [0.5, 0.6) is 0 Å². The Morgan fingerprint density at radius 1 is 1.23 bits per heavy atom. The van der Waals surface area contributed by atoms with Crippen LogP contribution in [-0.2, 0) is 19.6 Å². The molecule has 1 N–H and O–H groups in total. The van der Waals surface area contributed by atoms with E-state index in [1.807, 2.05) is 19.1 Å². The number of amides is 1. The van der Waals surface area contributed by atoms with E-state index in [0.717, 1.165) is 12.8 Å². The van der Waals surface area contributed by atoms with Crippen LogP contribution in [0.2, 0.25) is 0 Å². The summed E-state index contributed by atoms with van der Waals surface area (Å²) in [6.07, 6.45) is 8.22. The van der Waals surface area contributed by atoms with Crippen LogP contribution in [0, 0.1) is 5.41 Å². The average Bonchev–Trinajstić information content (AvgIpc) is 2.93. The topological polar surface area (TPSA) is 75.7 Å². The highest BCUT2D eigenvalue weighted by Crippen LogP contribution is 2.27. The summed E-state index contributed by atoms with van der Waals surface area (Å²) in [4.78, 5) is 14.2. The van der Waals surface area contributed by atoms with Gasteiger partial charge in [-0.05, 0) is 37.2 Å². The second-order valence-electron chi connectivity index (χ2n) is 8.08. The second kappa shape index (κ2) is 8.67. The zero-order chi connectivity index (χ0) is 19.4. The smallest absolute Gasteiger partial charge is 0.240 e. The molecule has 2 heterocycles. The third-order valence-corrected chi connectivity index (χ3v) is 6.39. The van der Waals surface area contributed by atoms with Gasteiger partial charge in [-0.15, -0.1) is 0 Å². The summed E-state index contributed by atoms with van der Waals surface area (Å²) in [5.74, 6) is -0.0650. The molecule has 0 aromatic heterocycles. The lowest BCUT2D eigenvalue weighted by Gasteiger charge is -2.34. The number of hydrogen-bond donors (Lipinski definition) is 1. The zero-order valence-electron chi connectivity index (χ0n) is 16.3. The Morgan fingerprint density at radius 2 is 1.88 bits per heavy atom. The van der Waals surface area contributed by atoms with Crippen LogP contribution >= 0.6 is 0 Å². The number of piperidine rings is 1. The van der Waals surface area contributed by atoms with Crippen molar-refractivity contribution in [2.45, 2.75) is 59.1 Å². The Morgan fingerprint density at radius 3 is 2.38 bits per heavy atom. The van der Waals surface area contributed by atoms with Gasteiger partial charge in [0.1, 0.15) is 6.04 Å². The van der Waals surface area contributed by atoms with Crippen molar-refractivity contribution in [3.63, 3.8) is 0 Å². The van der Waals surface area contributed by atoms with Gasteiger partial charge in [0.25, 0.3) is 0 Å². The Bertz CT molecular complexity index is 654. The number of rotatable bonds is 5. The molecule has 0 spiro atoms. The fraction of sp³-hybridized carbons (Fsp3) is 0.737. The maximum Gasteiger partial charge on any atom is 0.240 e. The molecule has 2 saturated heterocycles. The summed E-state index contributed by atoms with van der Waals surface area (Å²) in [5, 5.41) is 0. The number of allylic oxidation sites excluding steroid dienone is 3. The molecule has 0 radical (unpaired) electrons. The van der Waals surface area contributed by atoms with Crippen LogP contribution in [0.4, 0.5) is 0 Å². The summed E-state index contributed by atoms with van der Waals surface area (Å²) in [6.45, 7) is 10.3. The average molecular weight is 385 g/mol. The van der Waals surface area contributed by atoms with E-state index < -0.39 is 16.1 Å². The third kappa shape index (κ3) is 5.93. The van der Waals surface area contributed by atoms with Gasteiger partial charge in [0.05, 0.1) is 18.5 Å². The summed E-state index contributed by atoms with van der Waals surface area (Å²) >= 11 is 0. The van der Waals surface area contributed by atoms with Crippen LogP contribution < -0.4 is 4.72 Å². The highest BCUT2D eigenvalue weighted by Gasteiger charge is 2.36. The molecule has 148 valence electrons. The molecule has 6 nitrogen and oxygen atoms in total. The number of nitrogens with one attached hydrogen (secondary N) is 1. The van der Waals surface area contributed by atoms with Crippen molar-refractivity contribution in [3.05, 3.63) is 23.8 Å². The van der Waals surface area contributed by atoms with Crippen molar-refractivity contribution < 1.29 is 17.9 Å². The van der Waals surface area contributed by atoms with Crippen LogP contribution in [0.3, 0.4) is 0 Å². The predicted octanol–water partition coefficient (Wildman–Crippen LogP) is 2.23. The van der Waals surface area contributed by atoms with Crippen LogP contribution in [0.15, 0.2) is 23.8 Å². The maximum absolute atomic E-state index is 12.5. The molecule has 2 fully saturated rings. The van der Waals surface area contributed by atoms with Gasteiger partial charge >= 0.3 is 0 Å². The first-order valence-corrected chi connectivity index (χ1v) is 11.0. The summed E-state index contributed by atoms with van der Waals surface area (Å²) < 4.78 is 31.5. The Labute approximate surface area is 157 Å². The minimum absolute atomic E-state index is 0.0388. The van der Waals surface area contributed by atoms with E-state index >= 15 is 0 Å². The van der Waals surface area contributed by atoms with Gasteiger partial charge in [-0.25, -0.2) is 13.1 Å². The maximum atomic E-state index is 12.5. The quantitative estimate of drug-likeness (QED) is 0.738. The molecule has 2 aliphatic heterocycles. The van der Waals surface area contributed by atoms with Crippen molar-refractivity contribution >= 4 is 15.9 Å². The molecule has 1 amide bonds. The molecule has 7 heteroatoms. The van der Waals surface area contributed by atoms with E-state index in [9.17, 15) is 13.2 Å². The van der Waals surface area contributed by atoms with Gasteiger partial charge in [-0.1, -0.05) is 39.0 Å². The van der Waals surface area contributed by atoms with Gasteiger partial charge in [-0.2, -0.15) is 0 Å². The fourth-order valence-electron chi connectivity index (χ4n) is 3.18. The van der Waals surface area contributed by atoms with Crippen LogP contribution in [-0.4, -0.2) is 56.8 Å². The van der Waals surface area contributed by atoms with E-state index in [1.165, 1.54) is 5.57 Å². The molecule has 2 aliphatic rings. The lowest BCUT2D eigenvalue weighted by atomic mass is 9.86. The lowest BCUT2D eigenvalue weighted by Crippen LogP contribution is -2.48. The highest BCUT2D eigenvalue weighted by atomic mass is 32.2. The normalized spacial score (nSPS) is 25.2. The first kappa shape index (κ1) is 21.1. The largest absolute Gasteiger partial charge is 0.374 e. The lowest BCUT2D eigenvalue weighted by molar-refractivity contribution is -0.135. The minimum Gasteiger partial charge on any atom is -0.374 e. The molecule has 0 aliphatic carbocycles. The van der Waals surface area contributed by atoms with Crippen molar-refractivity contribution in [2.75, 3.05) is 25.4 Å². The summed E-state index contributed by atoms with van der Waals surface area (Å²) in [5.41, 5.74) is 1.30. The van der Waals surface area contributed by atoms with Gasteiger partial charge in [0.2, 0.25) is 15.9 Å². The first-order valence-electron chi connectivity index (χ1n) is 9.35. The molecule has 0 aromatic rings. The molecule has 0 bridgehead atoms. The number of hydrogen-bond acceptors (Lipinski definition) is 4. The van der Waals surface area contributed by atoms with Gasteiger partial charge < -0.3 is 9.64 Å². The zero-order valence-corrected chi connectivity index (χ0v) is 17.1. The van der Waals surface area contributed by atoms with Gasteiger partial charge in [-0.3, -0.25) is 4.79 Å². The van der Waals surface area contributed by atoms with E-state index in [-0.39, 0.29) is 23.2 Å². The number of carbonyl (C=O) groups excluding carboxylic acids is 1. The van der Waals surface area contributed by atoms with E-state index in [1.54, 1.807) is 4.90 Å². The Balaban J connectivity index is 1.82. The van der Waals surface area contributed by atoms with Gasteiger partial charge in [0, 0.05) is 13.1 Å². The number of nitrogens with zero attached hydrogens (tertiary/aromatic N) is 1. The van der Waals surface area contributed by atoms with Crippen molar-refractivity contribution in [2.24, 2.45) is 5.41 Å². The standard InChI is InChI=1S/C19H32N2O4S/c1-5-6-7-15(19(2,3)4)14-25-16-8-11-21(12-9-16)18(22)17-10-13-26(23,24)20-17/h5-7,16-17,20H,8-14H2,1-4H3/b6-5-,15-7+. The molecule has 2 rings (SSSR count). The second-order valence-corrected chi connectivity index (χ2v) is 9.95. The number of likely N-dealkylation sites (tertiary alicyclic amines) is 1. The van der Waals surface area contributed by atoms with Gasteiger partial charge in [0.15, 0.2) is 0 Å². The van der Waals surface area contributed by atoms with Crippen LogP contribution in [0.1, 0.15) is 47.0 Å². The monoisotopic (exact) mass is 384 g/mol. The molecule has 1 unspecified atom stereocenters.